The minimum absolute atomic E-state index is 0.135. The van der Waals surface area contributed by atoms with Crippen LogP contribution in [0.5, 0.6) is 11.5 Å². The van der Waals surface area contributed by atoms with Gasteiger partial charge in [0.15, 0.2) is 11.5 Å². The smallest absolute Gasteiger partial charge is 0.161 e. The van der Waals surface area contributed by atoms with E-state index in [0.717, 1.165) is 11.1 Å². The van der Waals surface area contributed by atoms with Crippen LogP contribution in [-0.4, -0.2) is 18.8 Å². The molecule has 0 fully saturated rings. The molecule has 0 aliphatic heterocycles. The summed E-state index contributed by atoms with van der Waals surface area (Å²) in [5, 5.41) is 9.85. The molecule has 5 N–H and O–H groups in total. The summed E-state index contributed by atoms with van der Waals surface area (Å²) < 4.78 is 5.09. The molecule has 0 saturated carbocycles. The van der Waals surface area contributed by atoms with Crippen LogP contribution >= 0.6 is 0 Å². The summed E-state index contributed by atoms with van der Waals surface area (Å²) in [6.07, 6.45) is 2.28. The van der Waals surface area contributed by atoms with Crippen molar-refractivity contribution >= 4 is 0 Å². The van der Waals surface area contributed by atoms with Crippen LogP contribution in [0.2, 0.25) is 0 Å². The van der Waals surface area contributed by atoms with Gasteiger partial charge in [0.05, 0.1) is 7.11 Å². The number of rotatable bonds is 5. The van der Waals surface area contributed by atoms with E-state index in [1.54, 1.807) is 12.1 Å². The molecule has 0 heterocycles. The van der Waals surface area contributed by atoms with E-state index in [2.05, 4.69) is 6.58 Å². The summed E-state index contributed by atoms with van der Waals surface area (Å²) in [5.41, 5.74) is 13.0. The minimum Gasteiger partial charge on any atom is -0.504 e. The van der Waals surface area contributed by atoms with Gasteiger partial charge < -0.3 is 21.3 Å². The lowest BCUT2D eigenvalue weighted by Crippen LogP contribution is -2.20. The number of ether oxygens (including phenoxy) is 1. The van der Waals surface area contributed by atoms with Crippen molar-refractivity contribution in [1.29, 1.82) is 0 Å². The van der Waals surface area contributed by atoms with Crippen molar-refractivity contribution in [3.05, 3.63) is 35.9 Å². The molecule has 1 aromatic carbocycles. The third-order valence-electron chi connectivity index (χ3n) is 2.44. The standard InChI is InChI=1S/C12H18N2O2/c1-3-4-8-5-9(10(14)7-13)6-11(16-2)12(8)15/h3,5-6,10,15H,1,4,7,13-14H2,2H3/t10-/m0/s1. The second kappa shape index (κ2) is 5.53. The second-order valence-electron chi connectivity index (χ2n) is 3.57. The Morgan fingerprint density at radius 2 is 2.25 bits per heavy atom. The molecule has 88 valence electrons. The highest BCUT2D eigenvalue weighted by Gasteiger charge is 2.12. The van der Waals surface area contributed by atoms with Crippen LogP contribution in [0.15, 0.2) is 24.8 Å². The van der Waals surface area contributed by atoms with Gasteiger partial charge in [0.1, 0.15) is 0 Å². The molecule has 0 spiro atoms. The van der Waals surface area contributed by atoms with Gasteiger partial charge in [-0.2, -0.15) is 0 Å². The Hall–Kier alpha value is -1.52. The lowest BCUT2D eigenvalue weighted by Gasteiger charge is -2.14. The van der Waals surface area contributed by atoms with Crippen LogP contribution < -0.4 is 16.2 Å². The quantitative estimate of drug-likeness (QED) is 0.651. The lowest BCUT2D eigenvalue weighted by molar-refractivity contribution is 0.370. The molecule has 0 bridgehead atoms. The molecular weight excluding hydrogens is 204 g/mol. The number of nitrogens with two attached hydrogens (primary N) is 2. The maximum atomic E-state index is 9.85. The Morgan fingerprint density at radius 1 is 1.56 bits per heavy atom. The topological polar surface area (TPSA) is 81.5 Å². The lowest BCUT2D eigenvalue weighted by atomic mass is 10.0. The monoisotopic (exact) mass is 222 g/mol. The van der Waals surface area contributed by atoms with Gasteiger partial charge in [-0.3, -0.25) is 0 Å². The molecule has 1 aromatic rings. The molecule has 0 aliphatic rings. The maximum Gasteiger partial charge on any atom is 0.161 e. The van der Waals surface area contributed by atoms with Crippen molar-refractivity contribution in [3.8, 4) is 11.5 Å². The third kappa shape index (κ3) is 2.53. The van der Waals surface area contributed by atoms with Crippen molar-refractivity contribution in [3.63, 3.8) is 0 Å². The van der Waals surface area contributed by atoms with E-state index < -0.39 is 0 Å². The van der Waals surface area contributed by atoms with Crippen LogP contribution in [0, 0.1) is 0 Å². The van der Waals surface area contributed by atoms with Gasteiger partial charge in [0, 0.05) is 18.2 Å². The van der Waals surface area contributed by atoms with Gasteiger partial charge >= 0.3 is 0 Å². The van der Waals surface area contributed by atoms with E-state index in [4.69, 9.17) is 16.2 Å². The van der Waals surface area contributed by atoms with Gasteiger partial charge in [0.2, 0.25) is 0 Å². The Bertz CT molecular complexity index is 378. The van der Waals surface area contributed by atoms with Gasteiger partial charge in [-0.25, -0.2) is 0 Å². The van der Waals surface area contributed by atoms with Crippen molar-refractivity contribution in [1.82, 2.24) is 0 Å². The number of hydrogen-bond acceptors (Lipinski definition) is 4. The van der Waals surface area contributed by atoms with Crippen molar-refractivity contribution in [2.75, 3.05) is 13.7 Å². The van der Waals surface area contributed by atoms with Crippen molar-refractivity contribution in [2.24, 2.45) is 11.5 Å². The fourth-order valence-electron chi connectivity index (χ4n) is 1.51. The Balaban J connectivity index is 3.22. The Labute approximate surface area is 95.5 Å². The molecule has 1 atom stereocenters. The number of benzene rings is 1. The van der Waals surface area contributed by atoms with Crippen LogP contribution in [0.4, 0.5) is 0 Å². The highest BCUT2D eigenvalue weighted by Crippen LogP contribution is 2.33. The van der Waals surface area contributed by atoms with Gasteiger partial charge in [-0.15, -0.1) is 6.58 Å². The zero-order chi connectivity index (χ0) is 12.1. The zero-order valence-electron chi connectivity index (χ0n) is 9.44. The average Bonchev–Trinajstić information content (AvgIpc) is 2.31. The molecule has 0 saturated heterocycles. The zero-order valence-corrected chi connectivity index (χ0v) is 9.44. The Morgan fingerprint density at radius 3 is 2.75 bits per heavy atom. The first-order valence-corrected chi connectivity index (χ1v) is 5.10. The number of aromatic hydroxyl groups is 1. The van der Waals surface area contributed by atoms with Crippen LogP contribution in [0.25, 0.3) is 0 Å². The number of phenols is 1. The molecule has 4 nitrogen and oxygen atoms in total. The molecule has 4 heteroatoms. The SMILES string of the molecule is C=CCc1cc([C@@H](N)CN)cc(OC)c1O. The van der Waals surface area contributed by atoms with E-state index in [1.807, 2.05) is 6.07 Å². The number of allylic oxidation sites excluding steroid dienone is 1. The Kier molecular flexibility index (Phi) is 4.34. The third-order valence-corrected chi connectivity index (χ3v) is 2.44. The summed E-state index contributed by atoms with van der Waals surface area (Å²) in [4.78, 5) is 0. The predicted octanol–water partition coefficient (Wildman–Crippen LogP) is 1.09. The molecule has 0 unspecified atom stereocenters. The highest BCUT2D eigenvalue weighted by molar-refractivity contribution is 5.49. The van der Waals surface area contributed by atoms with E-state index >= 15 is 0 Å². The van der Waals surface area contributed by atoms with Crippen LogP contribution in [0.3, 0.4) is 0 Å². The second-order valence-corrected chi connectivity index (χ2v) is 3.57. The summed E-state index contributed by atoms with van der Waals surface area (Å²) in [5.74, 6) is 0.550. The molecule has 0 amide bonds. The maximum absolute atomic E-state index is 9.85. The number of hydrogen-bond donors (Lipinski definition) is 3. The number of methoxy groups -OCH3 is 1. The molecule has 0 aromatic heterocycles. The highest BCUT2D eigenvalue weighted by atomic mass is 16.5. The molecular formula is C12H18N2O2. The number of phenolic OH excluding ortho intramolecular Hbond substituents is 1. The van der Waals surface area contributed by atoms with Gasteiger partial charge in [0.25, 0.3) is 0 Å². The summed E-state index contributed by atoms with van der Waals surface area (Å²) in [6, 6.07) is 3.29. The van der Waals surface area contributed by atoms with E-state index in [-0.39, 0.29) is 11.8 Å². The normalized spacial score (nSPS) is 12.2. The largest absolute Gasteiger partial charge is 0.504 e. The summed E-state index contributed by atoms with van der Waals surface area (Å²) in [7, 11) is 1.50. The van der Waals surface area contributed by atoms with Crippen molar-refractivity contribution < 1.29 is 9.84 Å². The predicted molar refractivity (Wildman–Crippen MR) is 64.5 cm³/mol. The van der Waals surface area contributed by atoms with Gasteiger partial charge in [-0.1, -0.05) is 6.08 Å². The first kappa shape index (κ1) is 12.5. The molecule has 1 rings (SSSR count). The average molecular weight is 222 g/mol. The van der Waals surface area contributed by atoms with Crippen molar-refractivity contribution in [2.45, 2.75) is 12.5 Å². The summed E-state index contributed by atoms with van der Waals surface area (Å²) in [6.45, 7) is 3.99. The molecule has 0 radical (unpaired) electrons. The van der Waals surface area contributed by atoms with E-state index in [0.29, 0.717) is 18.7 Å². The first-order valence-electron chi connectivity index (χ1n) is 5.10. The summed E-state index contributed by atoms with van der Waals surface area (Å²) >= 11 is 0. The molecule has 0 aliphatic carbocycles. The van der Waals surface area contributed by atoms with E-state index in [9.17, 15) is 5.11 Å². The van der Waals surface area contributed by atoms with Crippen LogP contribution in [0.1, 0.15) is 17.2 Å². The fraction of sp³-hybridized carbons (Fsp3) is 0.333. The van der Waals surface area contributed by atoms with E-state index in [1.165, 1.54) is 7.11 Å². The fourth-order valence-corrected chi connectivity index (χ4v) is 1.51. The van der Waals surface area contributed by atoms with Gasteiger partial charge in [-0.05, 0) is 24.1 Å². The van der Waals surface area contributed by atoms with Crippen LogP contribution in [-0.2, 0) is 6.42 Å². The first-order chi connectivity index (χ1) is 7.63. The molecule has 16 heavy (non-hydrogen) atoms. The minimum atomic E-state index is -0.252.